The third kappa shape index (κ3) is 4.33. The summed E-state index contributed by atoms with van der Waals surface area (Å²) in [5.74, 6) is -3.01. The van der Waals surface area contributed by atoms with Crippen molar-refractivity contribution in [3.8, 4) is 11.5 Å². The number of fused-ring (bicyclic) bond motifs is 1. The molecule has 28 heavy (non-hydrogen) atoms. The minimum Gasteiger partial charge on any atom is -0.489 e. The molecule has 0 saturated heterocycles. The van der Waals surface area contributed by atoms with Crippen molar-refractivity contribution < 1.29 is 32.6 Å². The smallest absolute Gasteiger partial charge is 0.339 e. The van der Waals surface area contributed by atoms with Crippen molar-refractivity contribution in [1.29, 1.82) is 0 Å². The van der Waals surface area contributed by atoms with E-state index >= 15 is 0 Å². The zero-order chi connectivity index (χ0) is 20.3. The van der Waals surface area contributed by atoms with E-state index in [9.17, 15) is 18.4 Å². The van der Waals surface area contributed by atoms with E-state index in [1.807, 2.05) is 0 Å². The summed E-state index contributed by atoms with van der Waals surface area (Å²) < 4.78 is 43.3. The summed E-state index contributed by atoms with van der Waals surface area (Å²) in [5, 5.41) is 2.23. The molecule has 2 aromatic rings. The molecule has 6 nitrogen and oxygen atoms in total. The first kappa shape index (κ1) is 19.9. The van der Waals surface area contributed by atoms with Crippen LogP contribution in [0.1, 0.15) is 23.7 Å². The van der Waals surface area contributed by atoms with E-state index in [-0.39, 0.29) is 10.6 Å². The summed E-state index contributed by atoms with van der Waals surface area (Å²) in [6.07, 6.45) is -0.657. The van der Waals surface area contributed by atoms with Gasteiger partial charge in [0, 0.05) is 6.42 Å². The molecule has 0 fully saturated rings. The molecular formula is C19H16ClF2NO5. The number of amides is 1. The molecule has 3 rings (SSSR count). The fraction of sp³-hybridized carbons (Fsp3) is 0.263. The number of hydrogen-bond acceptors (Lipinski definition) is 5. The van der Waals surface area contributed by atoms with Crippen LogP contribution in [0.2, 0.25) is 5.02 Å². The van der Waals surface area contributed by atoms with Crippen molar-refractivity contribution in [1.82, 2.24) is 0 Å². The topological polar surface area (TPSA) is 73.9 Å². The molecule has 0 aliphatic carbocycles. The number of ether oxygens (including phenoxy) is 3. The van der Waals surface area contributed by atoms with Crippen LogP contribution >= 0.6 is 11.6 Å². The zero-order valence-electron chi connectivity index (χ0n) is 14.8. The lowest BCUT2D eigenvalue weighted by atomic mass is 10.2. The number of hydrogen-bond donors (Lipinski definition) is 1. The predicted octanol–water partition coefficient (Wildman–Crippen LogP) is 3.96. The van der Waals surface area contributed by atoms with E-state index in [2.05, 4.69) is 5.32 Å². The molecule has 148 valence electrons. The Morgan fingerprint density at radius 2 is 1.86 bits per heavy atom. The van der Waals surface area contributed by atoms with E-state index in [0.717, 1.165) is 18.2 Å². The highest BCUT2D eigenvalue weighted by Crippen LogP contribution is 2.38. The molecule has 1 atom stereocenters. The number of esters is 1. The Bertz CT molecular complexity index is 901. The van der Waals surface area contributed by atoms with Gasteiger partial charge in [0.15, 0.2) is 17.6 Å². The molecular weight excluding hydrogens is 396 g/mol. The highest BCUT2D eigenvalue weighted by Gasteiger charge is 2.24. The van der Waals surface area contributed by atoms with Crippen molar-refractivity contribution >= 4 is 29.2 Å². The van der Waals surface area contributed by atoms with Crippen molar-refractivity contribution in [3.05, 3.63) is 52.6 Å². The molecule has 1 aliphatic heterocycles. The van der Waals surface area contributed by atoms with E-state index < -0.39 is 35.3 Å². The molecule has 1 N–H and O–H groups in total. The minimum absolute atomic E-state index is 0.0472. The Labute approximate surface area is 164 Å². The molecule has 0 bridgehead atoms. The summed E-state index contributed by atoms with van der Waals surface area (Å²) in [7, 11) is 0. The number of benzene rings is 2. The lowest BCUT2D eigenvalue weighted by molar-refractivity contribution is -0.123. The number of carbonyl (C=O) groups excluding carboxylic acids is 2. The van der Waals surface area contributed by atoms with Gasteiger partial charge < -0.3 is 19.5 Å². The van der Waals surface area contributed by atoms with Gasteiger partial charge in [-0.3, -0.25) is 4.79 Å². The summed E-state index contributed by atoms with van der Waals surface area (Å²) in [5.41, 5.74) is -0.569. The van der Waals surface area contributed by atoms with Crippen molar-refractivity contribution in [2.45, 2.75) is 19.4 Å². The van der Waals surface area contributed by atoms with Crippen LogP contribution in [-0.2, 0) is 9.53 Å². The molecule has 1 unspecified atom stereocenters. The van der Waals surface area contributed by atoms with Gasteiger partial charge in [0.2, 0.25) is 0 Å². The van der Waals surface area contributed by atoms with Crippen molar-refractivity contribution in [2.75, 3.05) is 18.5 Å². The van der Waals surface area contributed by atoms with Gasteiger partial charge in [0.05, 0.1) is 23.8 Å². The number of anilines is 1. The first-order chi connectivity index (χ1) is 13.4. The number of carbonyl (C=O) groups is 2. The van der Waals surface area contributed by atoms with Crippen LogP contribution in [0.15, 0.2) is 30.3 Å². The van der Waals surface area contributed by atoms with Crippen molar-refractivity contribution in [2.24, 2.45) is 0 Å². The standard InChI is InChI=1S/C19H16ClF2NO5/c1-10(18(24)23-16-13(21)4-2-5-14(16)22)28-19(25)11-8-12(20)17-15(9-11)26-6-3-7-27-17/h2,4-5,8-10H,3,6-7H2,1H3,(H,23,24). The highest BCUT2D eigenvalue weighted by atomic mass is 35.5. The minimum atomic E-state index is -1.32. The molecule has 0 spiro atoms. The van der Waals surface area contributed by atoms with Gasteiger partial charge in [-0.2, -0.15) is 0 Å². The van der Waals surface area contributed by atoms with Crippen LogP contribution in [0.5, 0.6) is 11.5 Å². The fourth-order valence-corrected chi connectivity index (χ4v) is 2.74. The van der Waals surface area contributed by atoms with Crippen LogP contribution in [0.4, 0.5) is 14.5 Å². The second kappa shape index (κ2) is 8.43. The van der Waals surface area contributed by atoms with Gasteiger partial charge >= 0.3 is 5.97 Å². The maximum atomic E-state index is 13.6. The average Bonchev–Trinajstić information content (AvgIpc) is 2.90. The lowest BCUT2D eigenvalue weighted by Crippen LogP contribution is -2.30. The second-order valence-electron chi connectivity index (χ2n) is 5.97. The molecule has 0 radical (unpaired) electrons. The molecule has 1 aliphatic rings. The Morgan fingerprint density at radius 3 is 2.57 bits per heavy atom. The third-order valence-electron chi connectivity index (χ3n) is 3.90. The lowest BCUT2D eigenvalue weighted by Gasteiger charge is -2.15. The second-order valence-corrected chi connectivity index (χ2v) is 6.38. The monoisotopic (exact) mass is 411 g/mol. The van der Waals surface area contributed by atoms with E-state index in [0.29, 0.717) is 31.1 Å². The van der Waals surface area contributed by atoms with Gasteiger partial charge in [0.25, 0.3) is 5.91 Å². The summed E-state index contributed by atoms with van der Waals surface area (Å²) in [6, 6.07) is 5.89. The number of rotatable bonds is 4. The summed E-state index contributed by atoms with van der Waals surface area (Å²) >= 11 is 6.13. The summed E-state index contributed by atoms with van der Waals surface area (Å²) in [4.78, 5) is 24.5. The van der Waals surface area contributed by atoms with Crippen molar-refractivity contribution in [3.63, 3.8) is 0 Å². The number of halogens is 3. The largest absolute Gasteiger partial charge is 0.489 e. The zero-order valence-corrected chi connectivity index (χ0v) is 15.5. The number of nitrogens with one attached hydrogen (secondary N) is 1. The summed E-state index contributed by atoms with van der Waals surface area (Å²) in [6.45, 7) is 2.10. The van der Waals surface area contributed by atoms with Gasteiger partial charge in [-0.15, -0.1) is 0 Å². The molecule has 0 saturated carbocycles. The van der Waals surface area contributed by atoms with E-state index in [4.69, 9.17) is 25.8 Å². The Hall–Kier alpha value is -2.87. The Balaban J connectivity index is 1.71. The van der Waals surface area contributed by atoms with Gasteiger partial charge in [-0.05, 0) is 31.2 Å². The third-order valence-corrected chi connectivity index (χ3v) is 4.18. The molecule has 2 aromatic carbocycles. The highest BCUT2D eigenvalue weighted by molar-refractivity contribution is 6.32. The van der Waals surface area contributed by atoms with Crippen LogP contribution in [0.25, 0.3) is 0 Å². The molecule has 0 aromatic heterocycles. The van der Waals surface area contributed by atoms with E-state index in [1.165, 1.54) is 19.1 Å². The fourth-order valence-electron chi connectivity index (χ4n) is 2.47. The van der Waals surface area contributed by atoms with Crippen LogP contribution in [-0.4, -0.2) is 31.2 Å². The Kier molecular flexibility index (Phi) is 5.99. The first-order valence-corrected chi connectivity index (χ1v) is 8.79. The van der Waals surface area contributed by atoms with E-state index in [1.54, 1.807) is 0 Å². The molecule has 1 amide bonds. The maximum Gasteiger partial charge on any atom is 0.339 e. The first-order valence-electron chi connectivity index (χ1n) is 8.42. The average molecular weight is 412 g/mol. The van der Waals surface area contributed by atoms with Crippen LogP contribution < -0.4 is 14.8 Å². The Morgan fingerprint density at radius 1 is 1.18 bits per heavy atom. The maximum absolute atomic E-state index is 13.6. The quantitative estimate of drug-likeness (QED) is 0.771. The van der Waals surface area contributed by atoms with Gasteiger partial charge in [0.1, 0.15) is 17.3 Å². The predicted molar refractivity (Wildman–Crippen MR) is 96.9 cm³/mol. The van der Waals surface area contributed by atoms with Crippen LogP contribution in [0.3, 0.4) is 0 Å². The van der Waals surface area contributed by atoms with Gasteiger partial charge in [-0.1, -0.05) is 17.7 Å². The van der Waals surface area contributed by atoms with Crippen LogP contribution in [0, 0.1) is 11.6 Å². The van der Waals surface area contributed by atoms with Gasteiger partial charge in [-0.25, -0.2) is 13.6 Å². The SMILES string of the molecule is CC(OC(=O)c1cc(Cl)c2c(c1)OCCCO2)C(=O)Nc1c(F)cccc1F. The number of para-hydroxylation sites is 1. The normalized spacial score (nSPS) is 14.0. The molecule has 1 heterocycles. The molecule has 9 heteroatoms.